The molecule has 2 heterocycles. The van der Waals surface area contributed by atoms with E-state index in [4.69, 9.17) is 21.1 Å². The summed E-state index contributed by atoms with van der Waals surface area (Å²) in [5.41, 5.74) is 1.41. The zero-order chi connectivity index (χ0) is 16.8. The first-order chi connectivity index (χ1) is 11.7. The van der Waals surface area contributed by atoms with E-state index in [2.05, 4.69) is 15.6 Å². The molecule has 0 bridgehead atoms. The molecule has 1 fully saturated rings. The highest BCUT2D eigenvalue weighted by atomic mass is 35.5. The van der Waals surface area contributed by atoms with Crippen LogP contribution < -0.4 is 15.4 Å². The molecule has 1 atom stereocenters. The number of anilines is 1. The van der Waals surface area contributed by atoms with Crippen molar-refractivity contribution in [2.45, 2.75) is 12.7 Å². The fraction of sp³-hybridized carbons (Fsp3) is 0.294. The molecule has 1 amide bonds. The van der Waals surface area contributed by atoms with Gasteiger partial charge in [-0.15, -0.1) is 0 Å². The second-order valence-corrected chi connectivity index (χ2v) is 5.71. The van der Waals surface area contributed by atoms with Crippen molar-refractivity contribution in [3.05, 3.63) is 53.3 Å². The van der Waals surface area contributed by atoms with Gasteiger partial charge in [0.2, 0.25) is 0 Å². The highest BCUT2D eigenvalue weighted by Gasteiger charge is 2.21. The zero-order valence-corrected chi connectivity index (χ0v) is 13.8. The molecule has 0 spiro atoms. The highest BCUT2D eigenvalue weighted by Crippen LogP contribution is 2.28. The topological polar surface area (TPSA) is 72.5 Å². The van der Waals surface area contributed by atoms with Gasteiger partial charge in [-0.05, 0) is 30.3 Å². The fourth-order valence-electron chi connectivity index (χ4n) is 2.29. The summed E-state index contributed by atoms with van der Waals surface area (Å²) in [4.78, 5) is 16.3. The van der Waals surface area contributed by atoms with Gasteiger partial charge in [-0.2, -0.15) is 0 Å². The minimum Gasteiger partial charge on any atom is -0.486 e. The lowest BCUT2D eigenvalue weighted by Gasteiger charge is -2.22. The molecule has 1 aliphatic heterocycles. The second kappa shape index (κ2) is 8.10. The van der Waals surface area contributed by atoms with Crippen LogP contribution in [0.3, 0.4) is 0 Å². The number of morpholine rings is 1. The lowest BCUT2D eigenvalue weighted by atomic mass is 10.2. The van der Waals surface area contributed by atoms with Gasteiger partial charge in [0, 0.05) is 25.0 Å². The number of ether oxygens (including phenoxy) is 2. The number of hydrogen-bond acceptors (Lipinski definition) is 5. The molecular formula is C17H18ClN3O3. The summed E-state index contributed by atoms with van der Waals surface area (Å²) >= 11 is 6.22. The van der Waals surface area contributed by atoms with E-state index in [1.807, 2.05) is 18.2 Å². The molecule has 1 saturated heterocycles. The monoisotopic (exact) mass is 347 g/mol. The summed E-state index contributed by atoms with van der Waals surface area (Å²) in [6, 6.07) is 10.7. The first-order valence-corrected chi connectivity index (χ1v) is 8.05. The Morgan fingerprint density at radius 2 is 2.33 bits per heavy atom. The molecule has 1 unspecified atom stereocenters. The number of halogens is 1. The van der Waals surface area contributed by atoms with Crippen molar-refractivity contribution < 1.29 is 14.3 Å². The van der Waals surface area contributed by atoms with E-state index in [0.717, 1.165) is 12.2 Å². The summed E-state index contributed by atoms with van der Waals surface area (Å²) < 4.78 is 11.1. The number of nitrogens with zero attached hydrogens (tertiary/aromatic N) is 1. The molecule has 0 radical (unpaired) electrons. The van der Waals surface area contributed by atoms with Crippen LogP contribution in [0.15, 0.2) is 42.6 Å². The number of carbonyl (C=O) groups excluding carboxylic acids is 1. The van der Waals surface area contributed by atoms with Crippen LogP contribution in [0.25, 0.3) is 0 Å². The number of rotatable bonds is 5. The van der Waals surface area contributed by atoms with E-state index >= 15 is 0 Å². The van der Waals surface area contributed by atoms with Crippen LogP contribution >= 0.6 is 11.6 Å². The Labute approximate surface area is 145 Å². The minimum absolute atomic E-state index is 0.194. The van der Waals surface area contributed by atoms with Crippen molar-refractivity contribution in [3.8, 4) is 5.75 Å². The van der Waals surface area contributed by atoms with Crippen molar-refractivity contribution in [1.82, 2.24) is 10.3 Å². The van der Waals surface area contributed by atoms with Crippen LogP contribution in [-0.4, -0.2) is 36.7 Å². The maximum Gasteiger partial charge on any atom is 0.254 e. The average Bonchev–Trinajstić information content (AvgIpc) is 2.62. The molecule has 3 rings (SSSR count). The van der Waals surface area contributed by atoms with E-state index in [1.165, 1.54) is 0 Å². The largest absolute Gasteiger partial charge is 0.486 e. The van der Waals surface area contributed by atoms with Crippen molar-refractivity contribution in [3.63, 3.8) is 0 Å². The Morgan fingerprint density at radius 3 is 3.04 bits per heavy atom. The molecule has 1 aromatic heterocycles. The van der Waals surface area contributed by atoms with E-state index in [1.54, 1.807) is 24.4 Å². The van der Waals surface area contributed by atoms with Crippen LogP contribution in [0.2, 0.25) is 5.02 Å². The summed E-state index contributed by atoms with van der Waals surface area (Å²) in [5.74, 6) is 0.344. The molecule has 2 aromatic rings. The molecule has 6 nitrogen and oxygen atoms in total. The van der Waals surface area contributed by atoms with E-state index in [0.29, 0.717) is 36.2 Å². The van der Waals surface area contributed by atoms with E-state index < -0.39 is 6.10 Å². The third kappa shape index (κ3) is 4.44. The maximum absolute atomic E-state index is 12.1. The maximum atomic E-state index is 12.1. The first kappa shape index (κ1) is 16.7. The Hall–Kier alpha value is -2.15. The van der Waals surface area contributed by atoms with E-state index in [9.17, 15) is 4.79 Å². The van der Waals surface area contributed by atoms with Gasteiger partial charge in [-0.3, -0.25) is 9.78 Å². The van der Waals surface area contributed by atoms with Gasteiger partial charge in [0.15, 0.2) is 0 Å². The molecule has 0 aliphatic carbocycles. The Bertz CT molecular complexity index is 691. The number of pyridine rings is 1. The summed E-state index contributed by atoms with van der Waals surface area (Å²) in [6.07, 6.45) is 1.22. The number of nitrogens with one attached hydrogen (secondary N) is 2. The SMILES string of the molecule is O=C(Nc1ccc(OCc2ccccn2)c(Cl)c1)C1CNCCO1. The third-order valence-electron chi connectivity index (χ3n) is 3.52. The minimum atomic E-state index is -0.488. The Balaban J connectivity index is 1.58. The quantitative estimate of drug-likeness (QED) is 0.868. The van der Waals surface area contributed by atoms with Crippen LogP contribution in [0.1, 0.15) is 5.69 Å². The van der Waals surface area contributed by atoms with Crippen molar-refractivity contribution in [1.29, 1.82) is 0 Å². The Kier molecular flexibility index (Phi) is 5.63. The normalized spacial score (nSPS) is 17.3. The number of benzene rings is 1. The number of amides is 1. The lowest BCUT2D eigenvalue weighted by molar-refractivity contribution is -0.128. The van der Waals surface area contributed by atoms with Crippen molar-refractivity contribution in [2.75, 3.05) is 25.0 Å². The lowest BCUT2D eigenvalue weighted by Crippen LogP contribution is -2.45. The predicted octanol–water partition coefficient (Wildman–Crippen LogP) is 2.24. The molecule has 1 aromatic carbocycles. The van der Waals surface area contributed by atoms with E-state index in [-0.39, 0.29) is 5.91 Å². The molecule has 126 valence electrons. The van der Waals surface area contributed by atoms with Gasteiger partial charge >= 0.3 is 0 Å². The van der Waals surface area contributed by atoms with Gasteiger partial charge in [0.1, 0.15) is 18.5 Å². The predicted molar refractivity (Wildman–Crippen MR) is 91.3 cm³/mol. The zero-order valence-electron chi connectivity index (χ0n) is 13.0. The number of hydrogen-bond donors (Lipinski definition) is 2. The van der Waals surface area contributed by atoms with Gasteiger partial charge in [-0.1, -0.05) is 17.7 Å². The Morgan fingerprint density at radius 1 is 1.42 bits per heavy atom. The molecule has 2 N–H and O–H groups in total. The van der Waals surface area contributed by atoms with Crippen LogP contribution in [0, 0.1) is 0 Å². The summed E-state index contributed by atoms with van der Waals surface area (Å²) in [6.45, 7) is 2.12. The smallest absolute Gasteiger partial charge is 0.254 e. The van der Waals surface area contributed by atoms with Crippen LogP contribution in [0.5, 0.6) is 5.75 Å². The van der Waals surface area contributed by atoms with Crippen molar-refractivity contribution >= 4 is 23.2 Å². The van der Waals surface area contributed by atoms with Gasteiger partial charge in [0.05, 0.1) is 17.3 Å². The number of carbonyl (C=O) groups is 1. The molecule has 24 heavy (non-hydrogen) atoms. The molecular weight excluding hydrogens is 330 g/mol. The summed E-state index contributed by atoms with van der Waals surface area (Å²) in [7, 11) is 0. The van der Waals surface area contributed by atoms with Gasteiger partial charge in [0.25, 0.3) is 5.91 Å². The van der Waals surface area contributed by atoms with Gasteiger partial charge < -0.3 is 20.1 Å². The molecule has 1 aliphatic rings. The van der Waals surface area contributed by atoms with Crippen molar-refractivity contribution in [2.24, 2.45) is 0 Å². The third-order valence-corrected chi connectivity index (χ3v) is 3.82. The second-order valence-electron chi connectivity index (χ2n) is 5.31. The summed E-state index contributed by atoms with van der Waals surface area (Å²) in [5, 5.41) is 6.34. The fourth-order valence-corrected chi connectivity index (χ4v) is 2.52. The number of aromatic nitrogens is 1. The van der Waals surface area contributed by atoms with Crippen LogP contribution in [-0.2, 0) is 16.1 Å². The van der Waals surface area contributed by atoms with Crippen LogP contribution in [0.4, 0.5) is 5.69 Å². The molecule has 0 saturated carbocycles. The standard InChI is InChI=1S/C17H18ClN3O3/c18-14-9-12(21-17(22)16-10-19-7-8-23-16)4-5-15(14)24-11-13-3-1-2-6-20-13/h1-6,9,16,19H,7-8,10-11H2,(H,21,22). The average molecular weight is 348 g/mol. The first-order valence-electron chi connectivity index (χ1n) is 7.68. The molecule has 7 heteroatoms. The highest BCUT2D eigenvalue weighted by molar-refractivity contribution is 6.32. The van der Waals surface area contributed by atoms with Gasteiger partial charge in [-0.25, -0.2) is 0 Å².